The van der Waals surface area contributed by atoms with Gasteiger partial charge in [-0.1, -0.05) is 6.58 Å². The smallest absolute Gasteiger partial charge is 0.177 e. The maximum Gasteiger partial charge on any atom is 0.177 e. The zero-order chi connectivity index (χ0) is 16.7. The maximum atomic E-state index is 10.3. The summed E-state index contributed by atoms with van der Waals surface area (Å²) in [7, 11) is 1.81. The van der Waals surface area contributed by atoms with Gasteiger partial charge in [0.25, 0.3) is 0 Å². The Morgan fingerprint density at radius 3 is 2.64 bits per heavy atom. The number of hydrogen-bond acceptors (Lipinski definition) is 4. The topological polar surface area (TPSA) is 65.0 Å². The van der Waals surface area contributed by atoms with Gasteiger partial charge in [-0.2, -0.15) is 0 Å². The molecule has 0 aromatic rings. The van der Waals surface area contributed by atoms with Crippen molar-refractivity contribution in [2.45, 2.75) is 30.8 Å². The molecule has 0 aromatic heterocycles. The highest BCUT2D eigenvalue weighted by atomic mass is 32.1. The number of hydrogen-bond donors (Lipinski definition) is 3. The van der Waals surface area contributed by atoms with E-state index in [1.807, 2.05) is 7.05 Å². The summed E-state index contributed by atoms with van der Waals surface area (Å²) in [5.74, 6) is 0. The number of nitrogens with one attached hydrogen (secondary N) is 1. The highest BCUT2D eigenvalue weighted by molar-refractivity contribution is 7.80. The van der Waals surface area contributed by atoms with Gasteiger partial charge in [-0.3, -0.25) is 0 Å². The van der Waals surface area contributed by atoms with E-state index in [1.54, 1.807) is 11.1 Å². The van der Waals surface area contributed by atoms with Crippen LogP contribution >= 0.6 is 19.1 Å². The van der Waals surface area contributed by atoms with Crippen LogP contribution in [0.15, 0.2) is 24.0 Å². The fraction of sp³-hybridized carbons (Fsp3) is 0.600. The number of nitrogens with zero attached hydrogens (tertiary/aromatic N) is 1. The van der Waals surface area contributed by atoms with Gasteiger partial charge in [0, 0.05) is 24.5 Å². The molecule has 1 fully saturated rings. The van der Waals surface area contributed by atoms with Crippen molar-refractivity contribution in [1.29, 1.82) is 0 Å². The average molecular weight is 344 g/mol. The van der Waals surface area contributed by atoms with Crippen LogP contribution in [-0.2, 0) is 4.74 Å². The number of rotatable bonds is 4. The third-order valence-corrected chi connectivity index (χ3v) is 5.81. The molecule has 2 rings (SSSR count). The van der Waals surface area contributed by atoms with Gasteiger partial charge in [0.05, 0.1) is 6.10 Å². The summed E-state index contributed by atoms with van der Waals surface area (Å²) in [6.45, 7) is 7.03. The van der Waals surface area contributed by atoms with Crippen LogP contribution in [0, 0.1) is 0 Å². The Hall–Kier alpha value is -0.650. The van der Waals surface area contributed by atoms with E-state index in [0.717, 1.165) is 6.16 Å². The molecular formula is C15H25N2O3PS. The van der Waals surface area contributed by atoms with Gasteiger partial charge in [-0.15, -0.1) is 13.2 Å². The van der Waals surface area contributed by atoms with Gasteiger partial charge in [0.15, 0.2) is 5.11 Å². The summed E-state index contributed by atoms with van der Waals surface area (Å²) in [5, 5.41) is 24.1. The molecule has 7 heteroatoms. The van der Waals surface area contributed by atoms with Gasteiger partial charge in [0.2, 0.25) is 0 Å². The first kappa shape index (κ1) is 17.7. The Kier molecular flexibility index (Phi) is 5.20. The predicted molar refractivity (Wildman–Crippen MR) is 96.8 cm³/mol. The average Bonchev–Trinajstić information content (AvgIpc) is 2.68. The molecule has 1 unspecified atom stereocenters. The molecule has 3 N–H and O–H groups in total. The SMILES string of the molecule is C=C1NC(=S)N(C)C=C1C1O[C@H](CCP(=C)(C)C)[C@@H](O)[C@H]1O. The summed E-state index contributed by atoms with van der Waals surface area (Å²) >= 11 is 5.14. The number of thiocarbonyl (C=S) groups is 1. The third-order valence-electron chi connectivity index (χ3n) is 3.95. The number of aliphatic hydroxyl groups excluding tert-OH is 2. The minimum atomic E-state index is -1.19. The van der Waals surface area contributed by atoms with Crippen molar-refractivity contribution in [2.24, 2.45) is 0 Å². The molecule has 0 spiro atoms. The first-order chi connectivity index (χ1) is 10.1. The van der Waals surface area contributed by atoms with Crippen LogP contribution in [0.3, 0.4) is 0 Å². The molecule has 2 aliphatic heterocycles. The molecule has 0 saturated carbocycles. The Labute approximate surface area is 137 Å². The van der Waals surface area contributed by atoms with Crippen LogP contribution in [0.1, 0.15) is 6.42 Å². The Morgan fingerprint density at radius 2 is 2.05 bits per heavy atom. The molecule has 0 bridgehead atoms. The molecule has 0 aromatic carbocycles. The van der Waals surface area contributed by atoms with E-state index in [0.29, 0.717) is 22.8 Å². The predicted octanol–water partition coefficient (Wildman–Crippen LogP) is 0.792. The van der Waals surface area contributed by atoms with E-state index in [1.165, 1.54) is 0 Å². The van der Waals surface area contributed by atoms with Crippen LogP contribution in [0.4, 0.5) is 0 Å². The van der Waals surface area contributed by atoms with Gasteiger partial charge in [-0.05, 0) is 38.1 Å². The van der Waals surface area contributed by atoms with E-state index in [4.69, 9.17) is 17.0 Å². The maximum absolute atomic E-state index is 10.3. The van der Waals surface area contributed by atoms with Gasteiger partial charge < -0.3 is 25.2 Å². The Balaban J connectivity index is 2.13. The van der Waals surface area contributed by atoms with Crippen LogP contribution < -0.4 is 5.32 Å². The van der Waals surface area contributed by atoms with Crippen molar-refractivity contribution in [3.05, 3.63) is 24.0 Å². The lowest BCUT2D eigenvalue weighted by atomic mass is 9.99. The third kappa shape index (κ3) is 3.81. The molecule has 2 heterocycles. The summed E-state index contributed by atoms with van der Waals surface area (Å²) in [5.41, 5.74) is 1.32. The van der Waals surface area contributed by atoms with Crippen LogP contribution in [-0.4, -0.2) is 77.5 Å². The second kappa shape index (κ2) is 6.46. The zero-order valence-corrected chi connectivity index (χ0v) is 15.0. The molecule has 0 radical (unpaired) electrons. The molecule has 4 atom stereocenters. The monoisotopic (exact) mass is 344 g/mol. The largest absolute Gasteiger partial charge is 0.388 e. The first-order valence-electron chi connectivity index (χ1n) is 7.24. The number of ether oxygens (including phenoxy) is 1. The van der Waals surface area contributed by atoms with Crippen molar-refractivity contribution >= 4 is 30.5 Å². The Morgan fingerprint density at radius 1 is 1.41 bits per heavy atom. The number of aliphatic hydroxyl groups is 2. The highest BCUT2D eigenvalue weighted by Crippen LogP contribution is 2.39. The lowest BCUT2D eigenvalue weighted by Gasteiger charge is -2.30. The molecule has 22 heavy (non-hydrogen) atoms. The van der Waals surface area contributed by atoms with Gasteiger partial charge in [0.1, 0.15) is 18.3 Å². The molecule has 0 amide bonds. The Bertz CT molecular complexity index is 557. The minimum absolute atomic E-state index is 0.381. The summed E-state index contributed by atoms with van der Waals surface area (Å²) in [6.07, 6.45) is 4.72. The van der Waals surface area contributed by atoms with Gasteiger partial charge >= 0.3 is 0 Å². The highest BCUT2D eigenvalue weighted by Gasteiger charge is 2.45. The van der Waals surface area contributed by atoms with E-state index in [2.05, 4.69) is 31.5 Å². The standard InChI is InChI=1S/C15H25N2O3PS/c1-9-10(8-17(2)15(22)16-9)14-13(19)12(18)11(20-14)6-7-21(3,4)5/h8,11-14,18-19H,1,3,6-7H2,2,4-5H3,(H,16,22)/t11-,12-,13-,14?/m1/s1. The van der Waals surface area contributed by atoms with Crippen molar-refractivity contribution < 1.29 is 14.9 Å². The summed E-state index contributed by atoms with van der Waals surface area (Å²) in [6, 6.07) is 0. The lowest BCUT2D eigenvalue weighted by Crippen LogP contribution is -2.42. The van der Waals surface area contributed by atoms with Crippen LogP contribution in [0.25, 0.3) is 0 Å². The molecule has 1 saturated heterocycles. The first-order valence-corrected chi connectivity index (χ1v) is 10.7. The normalized spacial score (nSPS) is 33.0. The minimum Gasteiger partial charge on any atom is -0.388 e. The molecule has 2 aliphatic rings. The lowest BCUT2D eigenvalue weighted by molar-refractivity contribution is 0.0187. The second-order valence-electron chi connectivity index (χ2n) is 6.63. The van der Waals surface area contributed by atoms with E-state index in [9.17, 15) is 10.2 Å². The van der Waals surface area contributed by atoms with E-state index >= 15 is 0 Å². The second-order valence-corrected chi connectivity index (χ2v) is 11.3. The van der Waals surface area contributed by atoms with Crippen molar-refractivity contribution in [3.8, 4) is 0 Å². The van der Waals surface area contributed by atoms with Crippen molar-refractivity contribution in [1.82, 2.24) is 10.2 Å². The molecule has 0 aliphatic carbocycles. The zero-order valence-electron chi connectivity index (χ0n) is 13.3. The quantitative estimate of drug-likeness (QED) is 0.518. The molecule has 124 valence electrons. The summed E-state index contributed by atoms with van der Waals surface area (Å²) in [4.78, 5) is 1.74. The van der Waals surface area contributed by atoms with Gasteiger partial charge in [-0.25, -0.2) is 0 Å². The summed E-state index contributed by atoms with van der Waals surface area (Å²) < 4.78 is 5.93. The molecule has 5 nitrogen and oxygen atoms in total. The van der Waals surface area contributed by atoms with Crippen molar-refractivity contribution in [3.63, 3.8) is 0 Å². The fourth-order valence-electron chi connectivity index (χ4n) is 2.60. The van der Waals surface area contributed by atoms with E-state index in [-0.39, 0.29) is 6.10 Å². The van der Waals surface area contributed by atoms with Crippen LogP contribution in [0.2, 0.25) is 0 Å². The van der Waals surface area contributed by atoms with E-state index < -0.39 is 25.2 Å². The molecular weight excluding hydrogens is 319 g/mol. The fourth-order valence-corrected chi connectivity index (χ4v) is 3.73. The van der Waals surface area contributed by atoms with Crippen LogP contribution in [0.5, 0.6) is 0 Å². The van der Waals surface area contributed by atoms with Crippen molar-refractivity contribution in [2.75, 3.05) is 26.5 Å².